The lowest BCUT2D eigenvalue weighted by molar-refractivity contribution is -0.131. The Kier molecular flexibility index (Phi) is 5.95. The molecule has 0 aromatic carbocycles. The van der Waals surface area contributed by atoms with Crippen molar-refractivity contribution in [1.82, 2.24) is 10.3 Å². The molecule has 0 radical (unpaired) electrons. The van der Waals surface area contributed by atoms with Gasteiger partial charge in [-0.15, -0.1) is 0 Å². The molecular formula is C15H23N3O3. The zero-order chi connectivity index (χ0) is 15.1. The fraction of sp³-hybridized carbons (Fsp3) is 0.600. The van der Waals surface area contributed by atoms with E-state index in [-0.39, 0.29) is 5.91 Å². The third-order valence-electron chi connectivity index (χ3n) is 3.40. The van der Waals surface area contributed by atoms with Crippen molar-refractivity contribution in [2.24, 2.45) is 0 Å². The summed E-state index contributed by atoms with van der Waals surface area (Å²) in [7, 11) is 0. The molecule has 1 N–H and O–H groups in total. The molecule has 0 aliphatic carbocycles. The van der Waals surface area contributed by atoms with Gasteiger partial charge in [-0.2, -0.15) is 0 Å². The summed E-state index contributed by atoms with van der Waals surface area (Å²) in [6, 6.07) is 3.97. The SMILES string of the molecule is CCO[C@H](C)C(=O)NCc1ccc(N2CCOCC2)nc1. The number of rotatable bonds is 6. The number of pyridine rings is 1. The molecule has 1 atom stereocenters. The van der Waals surface area contributed by atoms with Crippen LogP contribution in [0.15, 0.2) is 18.3 Å². The molecule has 1 aliphatic rings. The normalized spacial score (nSPS) is 16.6. The van der Waals surface area contributed by atoms with Crippen LogP contribution in [0, 0.1) is 0 Å². The first-order valence-electron chi connectivity index (χ1n) is 7.37. The average Bonchev–Trinajstić information content (AvgIpc) is 2.54. The predicted octanol–water partition coefficient (Wildman–Crippen LogP) is 0.959. The number of morpholine rings is 1. The van der Waals surface area contributed by atoms with Gasteiger partial charge in [0.1, 0.15) is 11.9 Å². The van der Waals surface area contributed by atoms with Crippen molar-refractivity contribution in [3.8, 4) is 0 Å². The minimum absolute atomic E-state index is 0.103. The van der Waals surface area contributed by atoms with Gasteiger partial charge in [-0.25, -0.2) is 4.98 Å². The first-order chi connectivity index (χ1) is 10.2. The van der Waals surface area contributed by atoms with E-state index in [1.807, 2.05) is 19.1 Å². The van der Waals surface area contributed by atoms with Crippen molar-refractivity contribution in [2.75, 3.05) is 37.8 Å². The van der Waals surface area contributed by atoms with E-state index in [2.05, 4.69) is 15.2 Å². The number of hydrogen-bond acceptors (Lipinski definition) is 5. The van der Waals surface area contributed by atoms with Crippen molar-refractivity contribution in [2.45, 2.75) is 26.5 Å². The number of nitrogens with zero attached hydrogens (tertiary/aromatic N) is 2. The Morgan fingerprint density at radius 2 is 2.24 bits per heavy atom. The zero-order valence-corrected chi connectivity index (χ0v) is 12.7. The van der Waals surface area contributed by atoms with Gasteiger partial charge in [0.15, 0.2) is 0 Å². The standard InChI is InChI=1S/C15H23N3O3/c1-3-21-12(2)15(19)17-11-13-4-5-14(16-10-13)18-6-8-20-9-7-18/h4-5,10,12H,3,6-9,11H2,1-2H3,(H,17,19)/t12-/m1/s1. The van der Waals surface area contributed by atoms with Crippen LogP contribution in [0.5, 0.6) is 0 Å². The number of anilines is 1. The van der Waals surface area contributed by atoms with Crippen molar-refractivity contribution < 1.29 is 14.3 Å². The predicted molar refractivity (Wildman–Crippen MR) is 80.2 cm³/mol. The number of amides is 1. The molecule has 2 rings (SSSR count). The maximum atomic E-state index is 11.7. The molecule has 2 heterocycles. The second kappa shape index (κ2) is 7.95. The Morgan fingerprint density at radius 1 is 1.48 bits per heavy atom. The summed E-state index contributed by atoms with van der Waals surface area (Å²) in [6.45, 7) is 7.85. The third kappa shape index (κ3) is 4.68. The van der Waals surface area contributed by atoms with Crippen LogP contribution < -0.4 is 10.2 Å². The maximum Gasteiger partial charge on any atom is 0.249 e. The first kappa shape index (κ1) is 15.7. The first-order valence-corrected chi connectivity index (χ1v) is 7.37. The van der Waals surface area contributed by atoms with Crippen LogP contribution in [0.4, 0.5) is 5.82 Å². The molecule has 0 bridgehead atoms. The van der Waals surface area contributed by atoms with Gasteiger partial charge in [0.25, 0.3) is 0 Å². The van der Waals surface area contributed by atoms with Crippen LogP contribution in [0.3, 0.4) is 0 Å². The van der Waals surface area contributed by atoms with Crippen LogP contribution in [0.1, 0.15) is 19.4 Å². The highest BCUT2D eigenvalue weighted by molar-refractivity contribution is 5.80. The molecule has 6 heteroatoms. The zero-order valence-electron chi connectivity index (χ0n) is 12.7. The summed E-state index contributed by atoms with van der Waals surface area (Å²) in [5.41, 5.74) is 0.976. The van der Waals surface area contributed by atoms with Gasteiger partial charge in [0.2, 0.25) is 5.91 Å². The molecule has 6 nitrogen and oxygen atoms in total. The van der Waals surface area contributed by atoms with Gasteiger partial charge >= 0.3 is 0 Å². The second-order valence-corrected chi connectivity index (χ2v) is 4.94. The smallest absolute Gasteiger partial charge is 0.249 e. The summed E-state index contributed by atoms with van der Waals surface area (Å²) < 4.78 is 10.6. The highest BCUT2D eigenvalue weighted by Crippen LogP contribution is 2.12. The number of nitrogens with one attached hydrogen (secondary N) is 1. The molecule has 0 saturated carbocycles. The van der Waals surface area contributed by atoms with Gasteiger partial charge in [-0.05, 0) is 25.5 Å². The number of ether oxygens (including phenoxy) is 2. The topological polar surface area (TPSA) is 63.7 Å². The van der Waals surface area contributed by atoms with Crippen LogP contribution in [-0.4, -0.2) is 49.9 Å². The maximum absolute atomic E-state index is 11.7. The molecule has 0 unspecified atom stereocenters. The largest absolute Gasteiger partial charge is 0.378 e. The van der Waals surface area contributed by atoms with Crippen LogP contribution in [-0.2, 0) is 20.8 Å². The lowest BCUT2D eigenvalue weighted by Gasteiger charge is -2.27. The van der Waals surface area contributed by atoms with Gasteiger partial charge in [0, 0.05) is 32.4 Å². The van der Waals surface area contributed by atoms with E-state index in [0.29, 0.717) is 13.2 Å². The van der Waals surface area contributed by atoms with Crippen molar-refractivity contribution in [3.05, 3.63) is 23.9 Å². The van der Waals surface area contributed by atoms with Crippen molar-refractivity contribution in [1.29, 1.82) is 0 Å². The number of carbonyl (C=O) groups is 1. The summed E-state index contributed by atoms with van der Waals surface area (Å²) in [4.78, 5) is 18.4. The second-order valence-electron chi connectivity index (χ2n) is 4.94. The summed E-state index contributed by atoms with van der Waals surface area (Å²) in [6.07, 6.45) is 1.38. The number of aromatic nitrogens is 1. The summed E-state index contributed by atoms with van der Waals surface area (Å²) in [5, 5.41) is 2.84. The number of carbonyl (C=O) groups excluding carboxylic acids is 1. The van der Waals surface area contributed by atoms with E-state index in [1.54, 1.807) is 13.1 Å². The average molecular weight is 293 g/mol. The Hall–Kier alpha value is -1.66. The minimum Gasteiger partial charge on any atom is -0.378 e. The summed E-state index contributed by atoms with van der Waals surface area (Å²) >= 11 is 0. The van der Waals surface area contributed by atoms with E-state index in [4.69, 9.17) is 9.47 Å². The van der Waals surface area contributed by atoms with E-state index < -0.39 is 6.10 Å². The third-order valence-corrected chi connectivity index (χ3v) is 3.40. The Labute approximate surface area is 125 Å². The Balaban J connectivity index is 1.83. The van der Waals surface area contributed by atoms with Gasteiger partial charge in [-0.1, -0.05) is 6.07 Å². The lowest BCUT2D eigenvalue weighted by Crippen LogP contribution is -2.36. The molecule has 1 amide bonds. The molecule has 21 heavy (non-hydrogen) atoms. The Morgan fingerprint density at radius 3 is 2.86 bits per heavy atom. The van der Waals surface area contributed by atoms with Gasteiger partial charge in [-0.3, -0.25) is 4.79 Å². The molecule has 1 aromatic rings. The monoisotopic (exact) mass is 293 g/mol. The van der Waals surface area contributed by atoms with E-state index in [0.717, 1.165) is 37.7 Å². The van der Waals surface area contributed by atoms with Crippen LogP contribution in [0.25, 0.3) is 0 Å². The molecule has 116 valence electrons. The van der Waals surface area contributed by atoms with Gasteiger partial charge in [0.05, 0.1) is 13.2 Å². The van der Waals surface area contributed by atoms with Crippen molar-refractivity contribution >= 4 is 11.7 Å². The molecular weight excluding hydrogens is 270 g/mol. The molecule has 0 spiro atoms. The van der Waals surface area contributed by atoms with E-state index in [9.17, 15) is 4.79 Å². The van der Waals surface area contributed by atoms with Gasteiger partial charge < -0.3 is 19.7 Å². The lowest BCUT2D eigenvalue weighted by atomic mass is 10.2. The van der Waals surface area contributed by atoms with Crippen LogP contribution in [0.2, 0.25) is 0 Å². The van der Waals surface area contributed by atoms with Crippen LogP contribution >= 0.6 is 0 Å². The molecule has 1 saturated heterocycles. The molecule has 1 fully saturated rings. The Bertz CT molecular complexity index is 444. The van der Waals surface area contributed by atoms with Crippen molar-refractivity contribution in [3.63, 3.8) is 0 Å². The molecule has 1 aliphatic heterocycles. The fourth-order valence-corrected chi connectivity index (χ4v) is 2.16. The highest BCUT2D eigenvalue weighted by Gasteiger charge is 2.13. The quantitative estimate of drug-likeness (QED) is 0.846. The van der Waals surface area contributed by atoms with E-state index >= 15 is 0 Å². The van der Waals surface area contributed by atoms with E-state index in [1.165, 1.54) is 0 Å². The highest BCUT2D eigenvalue weighted by atomic mass is 16.5. The summed E-state index contributed by atoms with van der Waals surface area (Å²) in [5.74, 6) is 0.852. The molecule has 1 aromatic heterocycles. The fourth-order valence-electron chi connectivity index (χ4n) is 2.16. The minimum atomic E-state index is -0.421. The number of hydrogen-bond donors (Lipinski definition) is 1.